The third-order valence-corrected chi connectivity index (χ3v) is 3.07. The molecule has 0 amide bonds. The molecule has 0 unspecified atom stereocenters. The van der Waals surface area contributed by atoms with Crippen LogP contribution in [0, 0.1) is 0 Å². The van der Waals surface area contributed by atoms with E-state index >= 15 is 0 Å². The molecule has 1 aliphatic carbocycles. The fourth-order valence-corrected chi connectivity index (χ4v) is 2.17. The van der Waals surface area contributed by atoms with Crippen molar-refractivity contribution in [3.8, 4) is 0 Å². The standard InChI is InChI=1S/C13H11ClO2/c14-13-10(7-8-12(15)16)6-5-9-3-1-2-4-11(9)13/h1-4,7-8H,5-6H2,(H,15,16)/b8-7+. The van der Waals surface area contributed by atoms with Crippen molar-refractivity contribution >= 4 is 22.6 Å². The number of benzene rings is 1. The maximum atomic E-state index is 10.4. The Morgan fingerprint density at radius 2 is 2.06 bits per heavy atom. The normalized spacial score (nSPS) is 15.3. The van der Waals surface area contributed by atoms with Crippen molar-refractivity contribution in [2.75, 3.05) is 0 Å². The van der Waals surface area contributed by atoms with Gasteiger partial charge in [0.1, 0.15) is 0 Å². The van der Waals surface area contributed by atoms with Gasteiger partial charge in [-0.15, -0.1) is 0 Å². The van der Waals surface area contributed by atoms with E-state index in [2.05, 4.69) is 6.07 Å². The van der Waals surface area contributed by atoms with Crippen LogP contribution in [-0.4, -0.2) is 11.1 Å². The molecule has 1 N–H and O–H groups in total. The lowest BCUT2D eigenvalue weighted by Crippen LogP contribution is -2.01. The van der Waals surface area contributed by atoms with Crippen LogP contribution in [0.2, 0.25) is 0 Å². The van der Waals surface area contributed by atoms with E-state index in [0.29, 0.717) is 5.03 Å². The summed E-state index contributed by atoms with van der Waals surface area (Å²) in [5, 5.41) is 9.24. The second-order valence-electron chi connectivity index (χ2n) is 3.67. The second-order valence-corrected chi connectivity index (χ2v) is 4.05. The fourth-order valence-electron chi connectivity index (χ4n) is 1.83. The first-order chi connectivity index (χ1) is 7.68. The molecule has 2 nitrogen and oxygen atoms in total. The molecular weight excluding hydrogens is 224 g/mol. The van der Waals surface area contributed by atoms with E-state index in [1.807, 2.05) is 18.2 Å². The Kier molecular flexibility index (Phi) is 3.11. The highest BCUT2D eigenvalue weighted by Gasteiger charge is 2.15. The first-order valence-corrected chi connectivity index (χ1v) is 5.44. The van der Waals surface area contributed by atoms with Crippen LogP contribution in [0.5, 0.6) is 0 Å². The van der Waals surface area contributed by atoms with Crippen LogP contribution in [0.25, 0.3) is 5.03 Å². The Balaban J connectivity index is 2.39. The Hall–Kier alpha value is -1.54. The molecule has 0 heterocycles. The van der Waals surface area contributed by atoms with E-state index in [9.17, 15) is 4.79 Å². The number of hydrogen-bond acceptors (Lipinski definition) is 1. The largest absolute Gasteiger partial charge is 0.478 e. The van der Waals surface area contributed by atoms with Crippen molar-refractivity contribution in [1.82, 2.24) is 0 Å². The first kappa shape index (κ1) is 11.0. The molecule has 0 fully saturated rings. The molecule has 2 rings (SSSR count). The molecule has 1 aromatic carbocycles. The summed E-state index contributed by atoms with van der Waals surface area (Å²) in [6.45, 7) is 0. The molecule has 0 saturated heterocycles. The van der Waals surface area contributed by atoms with E-state index in [-0.39, 0.29) is 0 Å². The van der Waals surface area contributed by atoms with Crippen LogP contribution < -0.4 is 0 Å². The van der Waals surface area contributed by atoms with Gasteiger partial charge in [-0.05, 0) is 29.5 Å². The summed E-state index contributed by atoms with van der Waals surface area (Å²) in [5.41, 5.74) is 3.13. The Bertz CT molecular complexity index is 486. The summed E-state index contributed by atoms with van der Waals surface area (Å²) in [5.74, 6) is -0.948. The molecule has 0 atom stereocenters. The van der Waals surface area contributed by atoms with Gasteiger partial charge in [0.25, 0.3) is 0 Å². The summed E-state index contributed by atoms with van der Waals surface area (Å²) in [7, 11) is 0. The van der Waals surface area contributed by atoms with Gasteiger partial charge in [0.2, 0.25) is 0 Å². The number of aryl methyl sites for hydroxylation is 1. The minimum atomic E-state index is -0.948. The number of hydrogen-bond donors (Lipinski definition) is 1. The number of carboxylic acids is 1. The van der Waals surface area contributed by atoms with Crippen molar-refractivity contribution in [2.24, 2.45) is 0 Å². The number of fused-ring (bicyclic) bond motifs is 1. The number of rotatable bonds is 2. The molecule has 1 aliphatic rings. The monoisotopic (exact) mass is 234 g/mol. The molecule has 3 heteroatoms. The number of carbonyl (C=O) groups is 1. The van der Waals surface area contributed by atoms with Gasteiger partial charge < -0.3 is 5.11 Å². The molecule has 82 valence electrons. The minimum Gasteiger partial charge on any atom is -0.478 e. The summed E-state index contributed by atoms with van der Waals surface area (Å²) < 4.78 is 0. The maximum Gasteiger partial charge on any atom is 0.328 e. The highest BCUT2D eigenvalue weighted by molar-refractivity contribution is 6.49. The third-order valence-electron chi connectivity index (χ3n) is 2.63. The zero-order valence-corrected chi connectivity index (χ0v) is 9.37. The number of allylic oxidation sites excluding steroid dienone is 2. The zero-order chi connectivity index (χ0) is 11.5. The van der Waals surface area contributed by atoms with E-state index in [4.69, 9.17) is 16.7 Å². The predicted octanol–water partition coefficient (Wildman–Crippen LogP) is 3.22. The first-order valence-electron chi connectivity index (χ1n) is 5.06. The molecule has 0 aromatic heterocycles. The second kappa shape index (κ2) is 4.54. The summed E-state index contributed by atoms with van der Waals surface area (Å²) in [4.78, 5) is 10.4. The van der Waals surface area contributed by atoms with Crippen LogP contribution in [-0.2, 0) is 11.2 Å². The van der Waals surface area contributed by atoms with Gasteiger partial charge in [0.05, 0.1) is 5.03 Å². The Labute approximate surface area is 98.9 Å². The van der Waals surface area contributed by atoms with Gasteiger partial charge in [-0.1, -0.05) is 41.9 Å². The van der Waals surface area contributed by atoms with Gasteiger partial charge in [-0.25, -0.2) is 4.79 Å². The van der Waals surface area contributed by atoms with E-state index in [1.54, 1.807) is 6.08 Å². The van der Waals surface area contributed by atoms with Crippen molar-refractivity contribution < 1.29 is 9.90 Å². The predicted molar refractivity (Wildman–Crippen MR) is 64.3 cm³/mol. The number of aliphatic carboxylic acids is 1. The third kappa shape index (κ3) is 2.17. The quantitative estimate of drug-likeness (QED) is 0.798. The molecular formula is C13H11ClO2. The Morgan fingerprint density at radius 3 is 2.81 bits per heavy atom. The molecule has 0 spiro atoms. The van der Waals surface area contributed by atoms with Crippen LogP contribution in [0.4, 0.5) is 0 Å². The molecule has 16 heavy (non-hydrogen) atoms. The lowest BCUT2D eigenvalue weighted by molar-refractivity contribution is -0.131. The Morgan fingerprint density at radius 1 is 1.31 bits per heavy atom. The highest BCUT2D eigenvalue weighted by Crippen LogP contribution is 2.34. The minimum absolute atomic E-state index is 0.666. The van der Waals surface area contributed by atoms with Crippen molar-refractivity contribution in [3.63, 3.8) is 0 Å². The fraction of sp³-hybridized carbons (Fsp3) is 0.154. The lowest BCUT2D eigenvalue weighted by atomic mass is 9.92. The molecule has 0 aliphatic heterocycles. The molecule has 1 aromatic rings. The number of carboxylic acid groups (broad SMARTS) is 1. The molecule has 0 saturated carbocycles. The summed E-state index contributed by atoms with van der Waals surface area (Å²) in [6, 6.07) is 7.94. The van der Waals surface area contributed by atoms with Crippen LogP contribution >= 0.6 is 11.6 Å². The smallest absolute Gasteiger partial charge is 0.328 e. The topological polar surface area (TPSA) is 37.3 Å². The van der Waals surface area contributed by atoms with Gasteiger partial charge in [-0.3, -0.25) is 0 Å². The summed E-state index contributed by atoms with van der Waals surface area (Å²) in [6.07, 6.45) is 4.41. The van der Waals surface area contributed by atoms with Gasteiger partial charge >= 0.3 is 5.97 Å². The van der Waals surface area contributed by atoms with Crippen LogP contribution in [0.3, 0.4) is 0 Å². The average Bonchev–Trinajstić information content (AvgIpc) is 2.28. The average molecular weight is 235 g/mol. The lowest BCUT2D eigenvalue weighted by Gasteiger charge is -2.17. The number of halogens is 1. The SMILES string of the molecule is O=C(O)/C=C/C1=C(Cl)c2ccccc2CC1. The van der Waals surface area contributed by atoms with Crippen molar-refractivity contribution in [2.45, 2.75) is 12.8 Å². The van der Waals surface area contributed by atoms with E-state index < -0.39 is 5.97 Å². The zero-order valence-electron chi connectivity index (χ0n) is 8.61. The summed E-state index contributed by atoms with van der Waals surface area (Å²) >= 11 is 6.23. The van der Waals surface area contributed by atoms with Gasteiger partial charge in [0, 0.05) is 6.08 Å². The van der Waals surface area contributed by atoms with Crippen molar-refractivity contribution in [1.29, 1.82) is 0 Å². The molecule has 0 bridgehead atoms. The molecule has 0 radical (unpaired) electrons. The van der Waals surface area contributed by atoms with Crippen molar-refractivity contribution in [3.05, 3.63) is 53.1 Å². The maximum absolute atomic E-state index is 10.4. The van der Waals surface area contributed by atoms with Gasteiger partial charge in [0.15, 0.2) is 0 Å². The van der Waals surface area contributed by atoms with E-state index in [1.165, 1.54) is 5.56 Å². The van der Waals surface area contributed by atoms with Gasteiger partial charge in [-0.2, -0.15) is 0 Å². The van der Waals surface area contributed by atoms with Crippen LogP contribution in [0.15, 0.2) is 42.0 Å². The highest BCUT2D eigenvalue weighted by atomic mass is 35.5. The van der Waals surface area contributed by atoms with Crippen LogP contribution in [0.1, 0.15) is 17.5 Å². The van der Waals surface area contributed by atoms with E-state index in [0.717, 1.165) is 30.1 Å².